The number of hydrogen-bond acceptors (Lipinski definition) is 5. The van der Waals surface area contributed by atoms with Crippen molar-refractivity contribution in [3.8, 4) is 11.1 Å². The molecule has 2 aromatic rings. The maximum atomic E-state index is 13.1. The normalized spacial score (nSPS) is 17.4. The number of carbonyl (C=O) groups is 1. The molecular formula is C23H30FN3O2. The Morgan fingerprint density at radius 2 is 1.90 bits per heavy atom. The predicted molar refractivity (Wildman–Crippen MR) is 113 cm³/mol. The van der Waals surface area contributed by atoms with Crippen LogP contribution >= 0.6 is 0 Å². The van der Waals surface area contributed by atoms with Crippen LogP contribution in [0.25, 0.3) is 11.1 Å². The van der Waals surface area contributed by atoms with Gasteiger partial charge in [-0.05, 0) is 50.0 Å². The van der Waals surface area contributed by atoms with Crippen LogP contribution in [0.3, 0.4) is 0 Å². The molecule has 0 saturated carbocycles. The number of alkyl halides is 1. The Bertz CT molecular complexity index is 789. The van der Waals surface area contributed by atoms with Gasteiger partial charge in [0.15, 0.2) is 5.78 Å². The van der Waals surface area contributed by atoms with Gasteiger partial charge in [-0.25, -0.2) is 4.39 Å². The van der Waals surface area contributed by atoms with Crippen LogP contribution < -0.4 is 5.32 Å². The van der Waals surface area contributed by atoms with Crippen LogP contribution in [0, 0.1) is 0 Å². The first kappa shape index (κ1) is 21.6. The van der Waals surface area contributed by atoms with Gasteiger partial charge < -0.3 is 10.4 Å². The first-order chi connectivity index (χ1) is 14.0. The number of nitrogens with one attached hydrogen (secondary N) is 1. The number of aromatic nitrogens is 1. The first-order valence-electron chi connectivity index (χ1n) is 10.4. The molecule has 3 rings (SSSR count). The number of hydrogen-bond donors (Lipinski definition) is 2. The van der Waals surface area contributed by atoms with E-state index in [2.05, 4.69) is 15.2 Å². The minimum absolute atomic E-state index is 0.0513. The zero-order valence-electron chi connectivity index (χ0n) is 17.1. The van der Waals surface area contributed by atoms with Crippen molar-refractivity contribution in [2.24, 2.45) is 0 Å². The third-order valence-corrected chi connectivity index (χ3v) is 5.43. The zero-order valence-corrected chi connectivity index (χ0v) is 17.1. The Balaban J connectivity index is 1.63. The van der Waals surface area contributed by atoms with Crippen LogP contribution in [0.1, 0.15) is 48.8 Å². The van der Waals surface area contributed by atoms with E-state index in [-0.39, 0.29) is 18.4 Å². The molecule has 5 nitrogen and oxygen atoms in total. The average Bonchev–Trinajstić information content (AvgIpc) is 2.71. The van der Waals surface area contributed by atoms with Gasteiger partial charge in [0.2, 0.25) is 0 Å². The Morgan fingerprint density at radius 3 is 2.41 bits per heavy atom. The van der Waals surface area contributed by atoms with Crippen LogP contribution in [-0.4, -0.2) is 59.2 Å². The van der Waals surface area contributed by atoms with Crippen molar-refractivity contribution in [3.63, 3.8) is 0 Å². The van der Waals surface area contributed by atoms with E-state index in [1.807, 2.05) is 37.3 Å². The van der Waals surface area contributed by atoms with Crippen LogP contribution in [-0.2, 0) is 0 Å². The van der Waals surface area contributed by atoms with E-state index in [0.29, 0.717) is 18.7 Å². The minimum Gasteiger partial charge on any atom is -0.387 e. The number of likely N-dealkylation sites (tertiary alicyclic amines) is 1. The van der Waals surface area contributed by atoms with Crippen LogP contribution in [0.5, 0.6) is 0 Å². The number of halogens is 1. The number of aliphatic hydroxyl groups is 1. The highest BCUT2D eigenvalue weighted by molar-refractivity contribution is 5.96. The van der Waals surface area contributed by atoms with Crippen LogP contribution in [0.15, 0.2) is 42.6 Å². The molecule has 2 N–H and O–H groups in total. The van der Waals surface area contributed by atoms with Gasteiger partial charge in [0.1, 0.15) is 11.9 Å². The summed E-state index contributed by atoms with van der Waals surface area (Å²) in [5.41, 5.74) is 3.16. The van der Waals surface area contributed by atoms with Gasteiger partial charge in [0, 0.05) is 24.3 Å². The molecule has 3 unspecified atom stereocenters. The Hall–Kier alpha value is -2.15. The van der Waals surface area contributed by atoms with Crippen LogP contribution in [0.4, 0.5) is 4.39 Å². The summed E-state index contributed by atoms with van der Waals surface area (Å²) in [4.78, 5) is 18.7. The van der Waals surface area contributed by atoms with Crippen LogP contribution in [0.2, 0.25) is 0 Å². The van der Waals surface area contributed by atoms with Crippen molar-refractivity contribution >= 4 is 5.78 Å². The number of carbonyl (C=O) groups excluding carboxylic acids is 1. The lowest BCUT2D eigenvalue weighted by atomic mass is 9.97. The maximum absolute atomic E-state index is 13.1. The number of aliphatic hydroxyl groups excluding tert-OH is 1. The molecule has 0 aliphatic carbocycles. The van der Waals surface area contributed by atoms with Gasteiger partial charge in [0.25, 0.3) is 0 Å². The summed E-state index contributed by atoms with van der Waals surface area (Å²) in [7, 11) is 0. The van der Waals surface area contributed by atoms with Gasteiger partial charge in [-0.15, -0.1) is 0 Å². The van der Waals surface area contributed by atoms with Gasteiger partial charge in [-0.2, -0.15) is 0 Å². The fourth-order valence-corrected chi connectivity index (χ4v) is 3.45. The molecule has 0 amide bonds. The standard InChI is InChI=1S/C23H30FN3O2/c1-3-20(25-13-16(2)24)23(29)18-7-5-17(6-8-18)19-9-10-21(26-14-19)22(28)15-27-11-4-12-27/h5-10,14,16,20,23,25,29H,3-4,11-13,15H2,1-2H3. The molecule has 6 heteroatoms. The predicted octanol–water partition coefficient (Wildman–Crippen LogP) is 3.40. The second-order valence-corrected chi connectivity index (χ2v) is 7.76. The lowest BCUT2D eigenvalue weighted by molar-refractivity contribution is 0.0870. The largest absolute Gasteiger partial charge is 0.387 e. The zero-order chi connectivity index (χ0) is 20.8. The molecule has 0 spiro atoms. The summed E-state index contributed by atoms with van der Waals surface area (Å²) < 4.78 is 13.1. The lowest BCUT2D eigenvalue weighted by Gasteiger charge is -2.29. The highest BCUT2D eigenvalue weighted by atomic mass is 19.1. The molecule has 0 radical (unpaired) electrons. The minimum atomic E-state index is -0.952. The van der Waals surface area contributed by atoms with E-state index in [0.717, 1.165) is 36.2 Å². The van der Waals surface area contributed by atoms with Gasteiger partial charge in [0.05, 0.1) is 12.6 Å². The Labute approximate surface area is 172 Å². The summed E-state index contributed by atoms with van der Waals surface area (Å²) in [6, 6.07) is 11.1. The monoisotopic (exact) mass is 399 g/mol. The average molecular weight is 400 g/mol. The maximum Gasteiger partial charge on any atom is 0.195 e. The van der Waals surface area contributed by atoms with Crippen molar-refractivity contribution in [2.75, 3.05) is 26.2 Å². The molecule has 1 aliphatic heterocycles. The number of benzene rings is 1. The van der Waals surface area contributed by atoms with Crippen molar-refractivity contribution in [2.45, 2.75) is 45.0 Å². The molecule has 1 fully saturated rings. The summed E-state index contributed by atoms with van der Waals surface area (Å²) in [5.74, 6) is 0.0513. The molecule has 1 saturated heterocycles. The highest BCUT2D eigenvalue weighted by Crippen LogP contribution is 2.24. The molecule has 29 heavy (non-hydrogen) atoms. The van der Waals surface area contributed by atoms with E-state index in [1.54, 1.807) is 12.3 Å². The van der Waals surface area contributed by atoms with E-state index in [9.17, 15) is 14.3 Å². The van der Waals surface area contributed by atoms with Crippen molar-refractivity contribution < 1.29 is 14.3 Å². The van der Waals surface area contributed by atoms with E-state index >= 15 is 0 Å². The van der Waals surface area contributed by atoms with E-state index in [1.165, 1.54) is 6.92 Å². The lowest BCUT2D eigenvalue weighted by Crippen LogP contribution is -2.40. The molecular weight excluding hydrogens is 369 g/mol. The molecule has 1 aromatic heterocycles. The van der Waals surface area contributed by atoms with E-state index < -0.39 is 12.3 Å². The molecule has 3 atom stereocenters. The summed E-state index contributed by atoms with van der Waals surface area (Å²) in [6.45, 7) is 6.11. The Kier molecular flexibility index (Phi) is 7.47. The molecule has 1 aliphatic rings. The summed E-state index contributed by atoms with van der Waals surface area (Å²) in [6.07, 6.45) is 1.92. The van der Waals surface area contributed by atoms with Crippen molar-refractivity contribution in [3.05, 3.63) is 53.9 Å². The topological polar surface area (TPSA) is 65.5 Å². The fraction of sp³-hybridized carbons (Fsp3) is 0.478. The highest BCUT2D eigenvalue weighted by Gasteiger charge is 2.20. The van der Waals surface area contributed by atoms with Gasteiger partial charge in [-0.3, -0.25) is 14.7 Å². The number of ketones is 1. The SMILES string of the molecule is CCC(NCC(C)F)C(O)c1ccc(-c2ccc(C(=O)CN3CCC3)nc2)cc1. The smallest absolute Gasteiger partial charge is 0.195 e. The first-order valence-corrected chi connectivity index (χ1v) is 10.4. The van der Waals surface area contributed by atoms with Gasteiger partial charge in [-0.1, -0.05) is 37.3 Å². The van der Waals surface area contributed by atoms with Crippen molar-refractivity contribution in [1.29, 1.82) is 0 Å². The third-order valence-electron chi connectivity index (χ3n) is 5.43. The number of Topliss-reactive ketones (excluding diaryl/α,β-unsaturated/α-hetero) is 1. The Morgan fingerprint density at radius 1 is 1.21 bits per heavy atom. The molecule has 1 aromatic carbocycles. The number of pyridine rings is 1. The third kappa shape index (κ3) is 5.69. The fourth-order valence-electron chi connectivity index (χ4n) is 3.45. The second-order valence-electron chi connectivity index (χ2n) is 7.76. The quantitative estimate of drug-likeness (QED) is 0.600. The summed E-state index contributed by atoms with van der Waals surface area (Å²) in [5, 5.41) is 13.7. The number of nitrogens with zero attached hydrogens (tertiary/aromatic N) is 2. The van der Waals surface area contributed by atoms with Crippen molar-refractivity contribution in [1.82, 2.24) is 15.2 Å². The summed E-state index contributed by atoms with van der Waals surface area (Å²) >= 11 is 0. The van der Waals surface area contributed by atoms with E-state index in [4.69, 9.17) is 0 Å². The molecule has 0 bridgehead atoms. The number of rotatable bonds is 10. The second kappa shape index (κ2) is 10.1. The molecule has 2 heterocycles. The van der Waals surface area contributed by atoms with Gasteiger partial charge >= 0.3 is 0 Å². The molecule has 156 valence electrons.